The predicted molar refractivity (Wildman–Crippen MR) is 76.4 cm³/mol. The lowest BCUT2D eigenvalue weighted by molar-refractivity contribution is -0.139. The quantitative estimate of drug-likeness (QED) is 0.728. The van der Waals surface area contributed by atoms with Crippen LogP contribution >= 0.6 is 11.6 Å². The van der Waals surface area contributed by atoms with Crippen LogP contribution in [0.3, 0.4) is 0 Å². The van der Waals surface area contributed by atoms with Crippen LogP contribution < -0.4 is 10.6 Å². The van der Waals surface area contributed by atoms with Gasteiger partial charge in [0, 0.05) is 11.4 Å². The highest BCUT2D eigenvalue weighted by atomic mass is 35.5. The summed E-state index contributed by atoms with van der Waals surface area (Å²) in [5, 5.41) is 14.3. The molecule has 0 spiro atoms. The van der Waals surface area contributed by atoms with Crippen LogP contribution in [0.25, 0.3) is 0 Å². The van der Waals surface area contributed by atoms with Gasteiger partial charge in [0.05, 0.1) is 6.04 Å². The summed E-state index contributed by atoms with van der Waals surface area (Å²) in [5.74, 6) is 1.03. The first-order valence-corrected chi connectivity index (χ1v) is 6.31. The molecular formula is C14H15ClN2O3. The third-order valence-electron chi connectivity index (χ3n) is 2.64. The minimum atomic E-state index is -1.18. The number of aliphatic carboxylic acids is 1. The van der Waals surface area contributed by atoms with Gasteiger partial charge in [-0.25, -0.2) is 9.59 Å². The van der Waals surface area contributed by atoms with E-state index in [1.807, 2.05) is 0 Å². The molecule has 0 radical (unpaired) electrons. The van der Waals surface area contributed by atoms with Crippen molar-refractivity contribution >= 4 is 23.6 Å². The molecule has 1 rings (SSSR count). The van der Waals surface area contributed by atoms with Gasteiger partial charge < -0.3 is 15.7 Å². The summed E-state index contributed by atoms with van der Waals surface area (Å²) in [5.41, 5.74) is 0.744. The summed E-state index contributed by atoms with van der Waals surface area (Å²) in [6, 6.07) is 5.00. The molecule has 20 heavy (non-hydrogen) atoms. The lowest BCUT2D eigenvalue weighted by Gasteiger charge is -2.18. The number of carboxylic acid groups (broad SMARTS) is 1. The number of benzene rings is 1. The molecule has 2 unspecified atom stereocenters. The number of amides is 2. The van der Waals surface area contributed by atoms with Crippen molar-refractivity contribution in [3.05, 3.63) is 34.9 Å². The Balaban J connectivity index is 2.64. The molecular weight excluding hydrogens is 280 g/mol. The van der Waals surface area contributed by atoms with Crippen LogP contribution in [0, 0.1) is 12.3 Å². The molecule has 5 nitrogen and oxygen atoms in total. The minimum absolute atomic E-state index is 0.0801. The number of carbonyl (C=O) groups excluding carboxylic acids is 1. The highest BCUT2D eigenvalue weighted by molar-refractivity contribution is 6.31. The molecule has 0 aromatic heterocycles. The maximum Gasteiger partial charge on any atom is 0.327 e. The monoisotopic (exact) mass is 294 g/mol. The minimum Gasteiger partial charge on any atom is -0.480 e. The van der Waals surface area contributed by atoms with E-state index in [0.29, 0.717) is 5.02 Å². The molecule has 0 aliphatic carbocycles. The highest BCUT2D eigenvalue weighted by Crippen LogP contribution is 2.21. The SMILES string of the molecule is C#CCC(NC(=O)NC(C)c1ccccc1Cl)C(=O)O. The van der Waals surface area contributed by atoms with Crippen molar-refractivity contribution in [2.24, 2.45) is 0 Å². The molecule has 0 saturated heterocycles. The maximum absolute atomic E-state index is 11.7. The van der Waals surface area contributed by atoms with Gasteiger partial charge >= 0.3 is 12.0 Å². The average molecular weight is 295 g/mol. The second kappa shape index (κ2) is 7.41. The van der Waals surface area contributed by atoms with E-state index in [4.69, 9.17) is 23.1 Å². The number of carboxylic acids is 1. The van der Waals surface area contributed by atoms with Gasteiger partial charge in [-0.1, -0.05) is 29.8 Å². The summed E-state index contributed by atoms with van der Waals surface area (Å²) in [4.78, 5) is 22.6. The summed E-state index contributed by atoms with van der Waals surface area (Å²) in [6.45, 7) is 1.75. The van der Waals surface area contributed by atoms with E-state index in [0.717, 1.165) is 5.56 Å². The summed E-state index contributed by atoms with van der Waals surface area (Å²) in [7, 11) is 0. The van der Waals surface area contributed by atoms with Gasteiger partial charge in [-0.05, 0) is 18.6 Å². The van der Waals surface area contributed by atoms with Gasteiger partial charge in [0.1, 0.15) is 6.04 Å². The Bertz CT molecular complexity index is 539. The van der Waals surface area contributed by atoms with Crippen molar-refractivity contribution in [1.82, 2.24) is 10.6 Å². The smallest absolute Gasteiger partial charge is 0.327 e. The van der Waals surface area contributed by atoms with Crippen molar-refractivity contribution in [2.75, 3.05) is 0 Å². The first-order valence-electron chi connectivity index (χ1n) is 5.93. The summed E-state index contributed by atoms with van der Waals surface area (Å²) >= 11 is 6.02. The summed E-state index contributed by atoms with van der Waals surface area (Å²) in [6.07, 6.45) is 4.97. The topological polar surface area (TPSA) is 78.4 Å². The van der Waals surface area contributed by atoms with Crippen LogP contribution in [0.15, 0.2) is 24.3 Å². The number of carbonyl (C=O) groups is 2. The number of hydrogen-bond donors (Lipinski definition) is 3. The molecule has 0 aliphatic heterocycles. The number of terminal acetylenes is 1. The third-order valence-corrected chi connectivity index (χ3v) is 2.99. The predicted octanol–water partition coefficient (Wildman–Crippen LogP) is 2.18. The largest absolute Gasteiger partial charge is 0.480 e. The first-order chi connectivity index (χ1) is 9.45. The Hall–Kier alpha value is -2.19. The van der Waals surface area contributed by atoms with Crippen molar-refractivity contribution in [2.45, 2.75) is 25.4 Å². The van der Waals surface area contributed by atoms with E-state index >= 15 is 0 Å². The molecule has 2 amide bonds. The van der Waals surface area contributed by atoms with Crippen LogP contribution in [-0.4, -0.2) is 23.1 Å². The second-order valence-electron chi connectivity index (χ2n) is 4.16. The Morgan fingerprint density at radius 2 is 2.05 bits per heavy atom. The molecule has 0 fully saturated rings. The van der Waals surface area contributed by atoms with E-state index in [9.17, 15) is 9.59 Å². The molecule has 1 aromatic carbocycles. The molecule has 3 N–H and O–H groups in total. The van der Waals surface area contributed by atoms with Crippen LogP contribution in [0.5, 0.6) is 0 Å². The standard InChI is InChI=1S/C14H15ClN2O3/c1-3-6-12(13(18)19)17-14(20)16-9(2)10-7-4-5-8-11(10)15/h1,4-5,7-9,12H,6H2,2H3,(H,18,19)(H2,16,17,20). The van der Waals surface area contributed by atoms with Crippen LogP contribution in [0.4, 0.5) is 4.79 Å². The zero-order chi connectivity index (χ0) is 15.1. The van der Waals surface area contributed by atoms with E-state index in [-0.39, 0.29) is 12.5 Å². The zero-order valence-electron chi connectivity index (χ0n) is 10.9. The van der Waals surface area contributed by atoms with Gasteiger partial charge in [0.15, 0.2) is 0 Å². The van der Waals surface area contributed by atoms with Crippen LogP contribution in [0.1, 0.15) is 24.9 Å². The molecule has 0 aliphatic rings. The fourth-order valence-electron chi connectivity index (χ4n) is 1.62. The second-order valence-corrected chi connectivity index (χ2v) is 4.57. The third kappa shape index (κ3) is 4.48. The van der Waals surface area contributed by atoms with E-state index in [2.05, 4.69) is 16.6 Å². The normalized spacial score (nSPS) is 12.8. The molecule has 2 atom stereocenters. The van der Waals surface area contributed by atoms with Crippen molar-refractivity contribution < 1.29 is 14.7 Å². The van der Waals surface area contributed by atoms with Crippen LogP contribution in [-0.2, 0) is 4.79 Å². The summed E-state index contributed by atoms with van der Waals surface area (Å²) < 4.78 is 0. The molecule has 0 bridgehead atoms. The van der Waals surface area contributed by atoms with Gasteiger partial charge in [-0.3, -0.25) is 0 Å². The van der Waals surface area contributed by atoms with Crippen LogP contribution in [0.2, 0.25) is 5.02 Å². The first kappa shape index (κ1) is 15.9. The number of hydrogen-bond acceptors (Lipinski definition) is 2. The number of nitrogens with one attached hydrogen (secondary N) is 2. The lowest BCUT2D eigenvalue weighted by Crippen LogP contribution is -2.46. The number of halogens is 1. The Labute approximate surface area is 122 Å². The van der Waals surface area contributed by atoms with Crippen molar-refractivity contribution in [1.29, 1.82) is 0 Å². The van der Waals surface area contributed by atoms with E-state index in [1.54, 1.807) is 31.2 Å². The molecule has 0 heterocycles. The van der Waals surface area contributed by atoms with Crippen molar-refractivity contribution in [3.8, 4) is 12.3 Å². The van der Waals surface area contributed by atoms with E-state index in [1.165, 1.54) is 0 Å². The van der Waals surface area contributed by atoms with Gasteiger partial charge in [0.2, 0.25) is 0 Å². The maximum atomic E-state index is 11.7. The Morgan fingerprint density at radius 3 is 2.60 bits per heavy atom. The molecule has 6 heteroatoms. The van der Waals surface area contributed by atoms with Crippen molar-refractivity contribution in [3.63, 3.8) is 0 Å². The zero-order valence-corrected chi connectivity index (χ0v) is 11.6. The fourth-order valence-corrected chi connectivity index (χ4v) is 1.92. The van der Waals surface area contributed by atoms with E-state index < -0.39 is 18.0 Å². The van der Waals surface area contributed by atoms with Gasteiger partial charge in [-0.2, -0.15) is 0 Å². The Kier molecular flexibility index (Phi) is 5.88. The van der Waals surface area contributed by atoms with Gasteiger partial charge in [0.25, 0.3) is 0 Å². The lowest BCUT2D eigenvalue weighted by atomic mass is 10.1. The molecule has 1 aromatic rings. The highest BCUT2D eigenvalue weighted by Gasteiger charge is 2.20. The Morgan fingerprint density at radius 1 is 1.40 bits per heavy atom. The number of rotatable bonds is 5. The average Bonchev–Trinajstić information content (AvgIpc) is 2.38. The fraction of sp³-hybridized carbons (Fsp3) is 0.286. The number of urea groups is 1. The van der Waals surface area contributed by atoms with Gasteiger partial charge in [-0.15, -0.1) is 12.3 Å². The molecule has 106 valence electrons. The molecule has 0 saturated carbocycles.